The molecule has 3 N–H and O–H groups in total. The predicted molar refractivity (Wildman–Crippen MR) is 194 cm³/mol. The van der Waals surface area contributed by atoms with Crippen LogP contribution in [0.3, 0.4) is 0 Å². The molecule has 3 saturated heterocycles. The van der Waals surface area contributed by atoms with Crippen molar-refractivity contribution in [2.24, 2.45) is 17.8 Å². The Morgan fingerprint density at radius 3 is 2.31 bits per heavy atom. The minimum absolute atomic E-state index is 0.0764. The number of carboxylic acids is 1. The number of hydrogen-bond donors (Lipinski definition) is 3. The molecule has 4 aliphatic rings. The number of rotatable bonds is 12. The normalized spacial score (nSPS) is 23.8. The molecular weight excluding hydrogens is 705 g/mol. The average Bonchev–Trinajstić information content (AvgIpc) is 3.50. The number of nitrogens with one attached hydrogen (secondary N) is 1. The summed E-state index contributed by atoms with van der Waals surface area (Å²) in [5, 5.41) is 24.8. The fraction of sp³-hybridized carbons (Fsp3) is 0.375. The second-order valence-corrected chi connectivity index (χ2v) is 14.8. The Hall–Kier alpha value is -4.35. The lowest BCUT2D eigenvalue weighted by atomic mass is 9.66. The van der Waals surface area contributed by atoms with E-state index in [1.165, 1.54) is 26.6 Å². The van der Waals surface area contributed by atoms with Gasteiger partial charge in [0.2, 0.25) is 12.4 Å². The van der Waals surface area contributed by atoms with E-state index < -0.39 is 23.6 Å². The van der Waals surface area contributed by atoms with Crippen LogP contribution in [0.25, 0.3) is 0 Å². The lowest BCUT2D eigenvalue weighted by Gasteiger charge is -2.50. The zero-order chi connectivity index (χ0) is 36.6. The highest BCUT2D eigenvalue weighted by Crippen LogP contribution is 2.51. The lowest BCUT2D eigenvalue weighted by molar-refractivity contribution is -0.904. The van der Waals surface area contributed by atoms with Crippen LogP contribution in [-0.2, 0) is 34.5 Å². The summed E-state index contributed by atoms with van der Waals surface area (Å²) in [7, 11) is 3.05. The number of hydrogen-bond acceptors (Lipinski definition) is 8. The molecule has 3 fully saturated rings. The Labute approximate surface area is 312 Å². The molecule has 8 rings (SSSR count). The van der Waals surface area contributed by atoms with Gasteiger partial charge in [-0.25, -0.2) is 9.59 Å². The third kappa shape index (κ3) is 6.80. The van der Waals surface area contributed by atoms with Crippen molar-refractivity contribution in [1.29, 1.82) is 0 Å². The van der Waals surface area contributed by atoms with Crippen molar-refractivity contribution in [3.63, 3.8) is 0 Å². The first kappa shape index (κ1) is 36.0. The second-order valence-electron chi connectivity index (χ2n) is 14.0. The third-order valence-corrected chi connectivity index (χ3v) is 11.9. The van der Waals surface area contributed by atoms with Gasteiger partial charge in [-0.2, -0.15) is 0 Å². The molecule has 10 nitrogen and oxygen atoms in total. The molecule has 2 bridgehead atoms. The van der Waals surface area contributed by atoms with Gasteiger partial charge in [-0.1, -0.05) is 65.7 Å². The van der Waals surface area contributed by atoms with Crippen molar-refractivity contribution in [3.8, 4) is 11.5 Å². The van der Waals surface area contributed by atoms with Crippen LogP contribution >= 0.6 is 23.2 Å². The molecule has 4 heterocycles. The average molecular weight is 748 g/mol. The second kappa shape index (κ2) is 14.9. The van der Waals surface area contributed by atoms with Crippen LogP contribution in [0.1, 0.15) is 57.1 Å². The Kier molecular flexibility index (Phi) is 10.4. The SMILES string of the molecule is COc1ccc([C@H](Cc2c(Cl)c[n+](O)cc2Cl)OC(=O)c2ccc(CNC3(C(=O)O)c4ccccc4CC3[C@@H]3CN4CCC3CC4)cc2)cc1OC. The molecule has 2 unspecified atom stereocenters. The number of aliphatic carboxylic acids is 1. The van der Waals surface area contributed by atoms with Gasteiger partial charge < -0.3 is 24.2 Å². The number of nitrogens with zero attached hydrogens (tertiary/aromatic N) is 2. The number of piperidine rings is 3. The Morgan fingerprint density at radius 2 is 1.67 bits per heavy atom. The lowest BCUT2D eigenvalue weighted by Crippen LogP contribution is -2.59. The van der Waals surface area contributed by atoms with Crippen molar-refractivity contribution in [1.82, 2.24) is 10.2 Å². The number of pyridine rings is 1. The van der Waals surface area contributed by atoms with E-state index in [2.05, 4.69) is 16.3 Å². The van der Waals surface area contributed by atoms with E-state index in [1.807, 2.05) is 30.3 Å². The molecule has 0 saturated carbocycles. The standard InChI is InChI=1S/C40H41Cl2N3O7/c1-50-35-12-11-28(18-37(35)51-2)36(19-29-33(41)22-45(49)23-34(29)42)52-38(46)26-9-7-24(8-10-26)20-43-40(39(47)48)31-6-4-3-5-27(31)17-32(40)30-21-44-15-13-25(30)14-16-44/h3-12,18,22-23,25,30,32,36,43H,13-17,19-21H2,1-2H3,(H-,47,48,49)/p+1/t30-,32?,36+,40?/m1/s1. The fourth-order valence-electron chi connectivity index (χ4n) is 8.59. The van der Waals surface area contributed by atoms with Crippen molar-refractivity contribution in [2.45, 2.75) is 43.9 Å². The van der Waals surface area contributed by atoms with Crippen LogP contribution in [0.5, 0.6) is 11.5 Å². The monoisotopic (exact) mass is 746 g/mol. The van der Waals surface area contributed by atoms with Crippen LogP contribution in [0.15, 0.2) is 79.1 Å². The largest absolute Gasteiger partial charge is 0.493 e. The number of carbonyl (C=O) groups is 2. The summed E-state index contributed by atoms with van der Waals surface area (Å²) < 4.78 is 17.8. The van der Waals surface area contributed by atoms with E-state index in [0.717, 1.165) is 60.3 Å². The number of carbonyl (C=O) groups excluding carboxylic acids is 1. The smallest absolute Gasteiger partial charge is 0.338 e. The molecule has 4 aromatic rings. The van der Waals surface area contributed by atoms with Gasteiger partial charge in [0.25, 0.3) is 0 Å². The number of halogens is 2. The summed E-state index contributed by atoms with van der Waals surface area (Å²) in [5.41, 5.74) is 2.97. The van der Waals surface area contributed by atoms with Crippen molar-refractivity contribution >= 4 is 35.1 Å². The molecule has 272 valence electrons. The van der Waals surface area contributed by atoms with Crippen LogP contribution in [0, 0.1) is 17.8 Å². The van der Waals surface area contributed by atoms with E-state index in [1.54, 1.807) is 30.3 Å². The fourth-order valence-corrected chi connectivity index (χ4v) is 9.19. The maximum absolute atomic E-state index is 13.7. The maximum atomic E-state index is 13.7. The summed E-state index contributed by atoms with van der Waals surface area (Å²) in [4.78, 5) is 29.6. The zero-order valence-electron chi connectivity index (χ0n) is 29.1. The highest BCUT2D eigenvalue weighted by Gasteiger charge is 2.57. The quantitative estimate of drug-likeness (QED) is 0.0877. The molecule has 3 aromatic carbocycles. The molecule has 52 heavy (non-hydrogen) atoms. The summed E-state index contributed by atoms with van der Waals surface area (Å²) in [6.07, 6.45) is 4.86. The topological polar surface area (TPSA) is 121 Å². The van der Waals surface area contributed by atoms with Crippen molar-refractivity contribution < 1.29 is 38.8 Å². The molecule has 1 aliphatic carbocycles. The maximum Gasteiger partial charge on any atom is 0.338 e. The van der Waals surface area contributed by atoms with Gasteiger partial charge >= 0.3 is 11.9 Å². The summed E-state index contributed by atoms with van der Waals surface area (Å²) in [5.74, 6) is 0.279. The van der Waals surface area contributed by atoms with Crippen molar-refractivity contribution in [2.75, 3.05) is 33.9 Å². The van der Waals surface area contributed by atoms with Gasteiger partial charge in [-0.05, 0) is 90.7 Å². The number of esters is 1. The molecule has 0 amide bonds. The van der Waals surface area contributed by atoms with Crippen molar-refractivity contribution in [3.05, 3.63) is 123 Å². The first-order valence-electron chi connectivity index (χ1n) is 17.5. The predicted octanol–water partition coefficient (Wildman–Crippen LogP) is 6.26. The molecule has 0 spiro atoms. The minimum Gasteiger partial charge on any atom is -0.493 e. The molecule has 4 atom stereocenters. The van der Waals surface area contributed by atoms with Gasteiger partial charge in [0.05, 0.1) is 19.8 Å². The Balaban J connectivity index is 1.12. The number of ether oxygens (including phenoxy) is 3. The molecule has 12 heteroatoms. The highest BCUT2D eigenvalue weighted by molar-refractivity contribution is 6.35. The van der Waals surface area contributed by atoms with Gasteiger partial charge in [0.15, 0.2) is 11.5 Å². The Morgan fingerprint density at radius 1 is 0.981 bits per heavy atom. The van der Waals surface area contributed by atoms with E-state index in [9.17, 15) is 19.9 Å². The number of carboxylic acid groups (broad SMARTS) is 1. The number of fused-ring (bicyclic) bond motifs is 4. The Bertz CT molecular complexity index is 1940. The van der Waals surface area contributed by atoms with E-state index >= 15 is 0 Å². The minimum atomic E-state index is -1.22. The summed E-state index contributed by atoms with van der Waals surface area (Å²) in [6, 6.07) is 20.2. The van der Waals surface area contributed by atoms with Gasteiger partial charge in [-0.15, -0.1) is 0 Å². The summed E-state index contributed by atoms with van der Waals surface area (Å²) >= 11 is 12.9. The third-order valence-electron chi connectivity index (χ3n) is 11.2. The highest BCUT2D eigenvalue weighted by atomic mass is 35.5. The first-order chi connectivity index (χ1) is 25.1. The number of benzene rings is 3. The van der Waals surface area contributed by atoms with Crippen LogP contribution in [0.2, 0.25) is 10.0 Å². The number of methoxy groups -OCH3 is 2. The van der Waals surface area contributed by atoms with Gasteiger partial charge in [-0.3, -0.25) is 10.5 Å². The molecule has 0 radical (unpaired) electrons. The van der Waals surface area contributed by atoms with Crippen LogP contribution < -0.4 is 19.5 Å². The van der Waals surface area contributed by atoms with E-state index in [0.29, 0.717) is 46.6 Å². The zero-order valence-corrected chi connectivity index (χ0v) is 30.6. The molecule has 1 aromatic heterocycles. The van der Waals surface area contributed by atoms with Crippen LogP contribution in [-0.4, -0.2) is 61.0 Å². The van der Waals surface area contributed by atoms with E-state index in [-0.39, 0.29) is 22.4 Å². The summed E-state index contributed by atoms with van der Waals surface area (Å²) in [6.45, 7) is 3.42. The first-order valence-corrected chi connectivity index (χ1v) is 18.3. The number of aromatic nitrogens is 1. The van der Waals surface area contributed by atoms with Crippen LogP contribution in [0.4, 0.5) is 0 Å². The molecule has 3 aliphatic heterocycles. The van der Waals surface area contributed by atoms with Gasteiger partial charge in [0, 0.05) is 35.7 Å². The van der Waals surface area contributed by atoms with E-state index in [4.69, 9.17) is 37.4 Å². The van der Waals surface area contributed by atoms with Gasteiger partial charge in [0.1, 0.15) is 21.7 Å². The molecular formula is C40H42Cl2N3O7+.